The van der Waals surface area contributed by atoms with Gasteiger partial charge in [0.15, 0.2) is 0 Å². The van der Waals surface area contributed by atoms with Crippen molar-refractivity contribution in [3.05, 3.63) is 36.0 Å². The Morgan fingerprint density at radius 1 is 1.17 bits per heavy atom. The molecule has 1 N–H and O–H groups in total. The molecule has 2 rings (SSSR count). The lowest BCUT2D eigenvalue weighted by Gasteiger charge is -2.19. The Kier molecular flexibility index (Phi) is 7.39. The molecule has 1 atom stereocenters. The molecule has 0 saturated carbocycles. The number of methoxy groups -OCH3 is 1. The molecule has 8 nitrogen and oxygen atoms in total. The van der Waals surface area contributed by atoms with Gasteiger partial charge in [0, 0.05) is 24.6 Å². The van der Waals surface area contributed by atoms with Crippen molar-refractivity contribution in [3.63, 3.8) is 0 Å². The van der Waals surface area contributed by atoms with Crippen LogP contribution in [0.4, 0.5) is 4.79 Å². The van der Waals surface area contributed by atoms with Gasteiger partial charge in [-0.15, -0.1) is 0 Å². The fourth-order valence-corrected chi connectivity index (χ4v) is 2.86. The molecule has 1 aromatic heterocycles. The number of fused-ring (bicyclic) bond motifs is 1. The number of benzene rings is 1. The molecule has 0 fully saturated rings. The Bertz CT molecular complexity index is 881. The zero-order valence-electron chi connectivity index (χ0n) is 17.5. The van der Waals surface area contributed by atoms with E-state index in [0.29, 0.717) is 17.7 Å². The molecule has 8 heteroatoms. The summed E-state index contributed by atoms with van der Waals surface area (Å²) in [5, 5.41) is 3.41. The molecule has 158 valence electrons. The molecule has 2 aromatic rings. The number of nitrogens with zero attached hydrogens (tertiary/aromatic N) is 1. The third-order valence-corrected chi connectivity index (χ3v) is 4.07. The van der Waals surface area contributed by atoms with Gasteiger partial charge in [-0.3, -0.25) is 9.36 Å². The molecule has 0 bridgehead atoms. The quantitative estimate of drug-likeness (QED) is 0.713. The van der Waals surface area contributed by atoms with Crippen LogP contribution in [0.5, 0.6) is 0 Å². The van der Waals surface area contributed by atoms with Crippen LogP contribution in [0, 0.1) is 0 Å². The first-order valence-corrected chi connectivity index (χ1v) is 9.43. The monoisotopic (exact) mass is 404 g/mol. The van der Waals surface area contributed by atoms with Gasteiger partial charge in [-0.25, -0.2) is 9.59 Å². The maximum absolute atomic E-state index is 12.6. The van der Waals surface area contributed by atoms with E-state index in [0.717, 1.165) is 5.39 Å². The number of para-hydroxylation sites is 1. The third kappa shape index (κ3) is 6.05. The Morgan fingerprint density at radius 2 is 1.86 bits per heavy atom. The summed E-state index contributed by atoms with van der Waals surface area (Å²) in [4.78, 5) is 36.9. The van der Waals surface area contributed by atoms with E-state index in [9.17, 15) is 14.4 Å². The Labute approximate surface area is 170 Å². The van der Waals surface area contributed by atoms with Crippen LogP contribution in [0.2, 0.25) is 0 Å². The van der Waals surface area contributed by atoms with Crippen molar-refractivity contribution in [2.75, 3.05) is 20.3 Å². The SMILES string of the molecule is CCOCC(=O)N[C@@H](Cc1cn(C(=O)OC(C)(C)C)c2ccccc12)C(=O)OC. The van der Waals surface area contributed by atoms with Crippen LogP contribution < -0.4 is 5.32 Å². The van der Waals surface area contributed by atoms with Crippen LogP contribution in [0.1, 0.15) is 33.3 Å². The Hall–Kier alpha value is -2.87. The predicted octanol–water partition coefficient (Wildman–Crippen LogP) is 2.66. The number of amides is 1. The minimum Gasteiger partial charge on any atom is -0.467 e. The van der Waals surface area contributed by atoms with Crippen LogP contribution in [0.15, 0.2) is 30.5 Å². The maximum atomic E-state index is 12.6. The largest absolute Gasteiger partial charge is 0.467 e. The summed E-state index contributed by atoms with van der Waals surface area (Å²) >= 11 is 0. The minimum absolute atomic E-state index is 0.149. The van der Waals surface area contributed by atoms with E-state index in [1.165, 1.54) is 11.7 Å². The van der Waals surface area contributed by atoms with Gasteiger partial charge < -0.3 is 19.5 Å². The number of ether oxygens (including phenoxy) is 3. The standard InChI is InChI=1S/C21H28N2O6/c1-6-28-13-18(24)22-16(19(25)27-5)11-14-12-23(20(26)29-21(2,3)4)17-10-8-7-9-15(14)17/h7-10,12,16H,6,11,13H2,1-5H3,(H,22,24)/t16-/m0/s1. The number of hydrogen-bond donors (Lipinski definition) is 1. The summed E-state index contributed by atoms with van der Waals surface area (Å²) in [7, 11) is 1.26. The van der Waals surface area contributed by atoms with E-state index in [1.807, 2.05) is 18.2 Å². The zero-order valence-corrected chi connectivity index (χ0v) is 17.5. The molecular weight excluding hydrogens is 376 g/mol. The van der Waals surface area contributed by atoms with Crippen molar-refractivity contribution in [3.8, 4) is 0 Å². The van der Waals surface area contributed by atoms with Gasteiger partial charge in [-0.05, 0) is 39.3 Å². The molecule has 1 aromatic carbocycles. The summed E-state index contributed by atoms with van der Waals surface area (Å²) < 4.78 is 16.8. The van der Waals surface area contributed by atoms with Crippen LogP contribution >= 0.6 is 0 Å². The second-order valence-corrected chi connectivity index (χ2v) is 7.51. The summed E-state index contributed by atoms with van der Waals surface area (Å²) in [6.07, 6.45) is 1.26. The van der Waals surface area contributed by atoms with E-state index in [-0.39, 0.29) is 13.0 Å². The molecule has 0 saturated heterocycles. The predicted molar refractivity (Wildman–Crippen MR) is 108 cm³/mol. The van der Waals surface area contributed by atoms with Gasteiger partial charge in [0.25, 0.3) is 0 Å². The van der Waals surface area contributed by atoms with Crippen LogP contribution in [-0.2, 0) is 30.2 Å². The van der Waals surface area contributed by atoms with E-state index in [1.54, 1.807) is 40.0 Å². The van der Waals surface area contributed by atoms with Crippen LogP contribution in [0.3, 0.4) is 0 Å². The molecule has 0 aliphatic heterocycles. The summed E-state index contributed by atoms with van der Waals surface area (Å²) in [6, 6.07) is 6.39. The second-order valence-electron chi connectivity index (χ2n) is 7.51. The number of carbonyl (C=O) groups is 3. The van der Waals surface area contributed by atoms with Crippen molar-refractivity contribution in [1.82, 2.24) is 9.88 Å². The highest BCUT2D eigenvalue weighted by molar-refractivity contribution is 5.93. The number of hydrogen-bond acceptors (Lipinski definition) is 6. The fraction of sp³-hybridized carbons (Fsp3) is 0.476. The molecular formula is C21H28N2O6. The van der Waals surface area contributed by atoms with Crippen molar-refractivity contribution in [1.29, 1.82) is 0 Å². The van der Waals surface area contributed by atoms with E-state index < -0.39 is 29.6 Å². The lowest BCUT2D eigenvalue weighted by molar-refractivity contribution is -0.145. The molecule has 0 unspecified atom stereocenters. The van der Waals surface area contributed by atoms with Gasteiger partial charge in [0.05, 0.1) is 12.6 Å². The van der Waals surface area contributed by atoms with Gasteiger partial charge in [0.2, 0.25) is 5.91 Å². The van der Waals surface area contributed by atoms with Crippen molar-refractivity contribution >= 4 is 28.9 Å². The minimum atomic E-state index is -0.911. The first kappa shape index (κ1) is 22.4. The van der Waals surface area contributed by atoms with Gasteiger partial charge in [-0.1, -0.05) is 18.2 Å². The van der Waals surface area contributed by atoms with E-state index in [2.05, 4.69) is 5.32 Å². The van der Waals surface area contributed by atoms with Crippen molar-refractivity contribution < 1.29 is 28.6 Å². The highest BCUT2D eigenvalue weighted by Gasteiger charge is 2.26. The molecule has 0 aliphatic carbocycles. The number of carbonyl (C=O) groups excluding carboxylic acids is 3. The number of aromatic nitrogens is 1. The van der Waals surface area contributed by atoms with E-state index in [4.69, 9.17) is 14.2 Å². The van der Waals surface area contributed by atoms with Crippen LogP contribution in [0.25, 0.3) is 10.9 Å². The smallest absolute Gasteiger partial charge is 0.419 e. The third-order valence-electron chi connectivity index (χ3n) is 4.07. The summed E-state index contributed by atoms with van der Waals surface area (Å²) in [5.74, 6) is -0.998. The number of esters is 1. The lowest BCUT2D eigenvalue weighted by atomic mass is 10.0. The molecule has 0 aliphatic rings. The summed E-state index contributed by atoms with van der Waals surface area (Å²) in [5.41, 5.74) is 0.712. The highest BCUT2D eigenvalue weighted by Crippen LogP contribution is 2.24. The Morgan fingerprint density at radius 3 is 2.48 bits per heavy atom. The molecule has 0 spiro atoms. The fourth-order valence-electron chi connectivity index (χ4n) is 2.86. The van der Waals surface area contributed by atoms with E-state index >= 15 is 0 Å². The average molecular weight is 404 g/mol. The van der Waals surface area contributed by atoms with Crippen molar-refractivity contribution in [2.45, 2.75) is 45.8 Å². The van der Waals surface area contributed by atoms with Crippen molar-refractivity contribution in [2.24, 2.45) is 0 Å². The molecule has 29 heavy (non-hydrogen) atoms. The maximum Gasteiger partial charge on any atom is 0.419 e. The number of rotatable bonds is 7. The summed E-state index contributed by atoms with van der Waals surface area (Å²) in [6.45, 7) is 7.38. The zero-order chi connectivity index (χ0) is 21.6. The van der Waals surface area contributed by atoms with Crippen LogP contribution in [-0.4, -0.2) is 54.5 Å². The Balaban J connectivity index is 2.34. The van der Waals surface area contributed by atoms with Gasteiger partial charge in [-0.2, -0.15) is 0 Å². The number of nitrogens with one attached hydrogen (secondary N) is 1. The first-order valence-electron chi connectivity index (χ1n) is 9.43. The normalized spacial score (nSPS) is 12.4. The topological polar surface area (TPSA) is 95.9 Å². The highest BCUT2D eigenvalue weighted by atomic mass is 16.6. The van der Waals surface area contributed by atoms with Gasteiger partial charge >= 0.3 is 12.1 Å². The average Bonchev–Trinajstić information content (AvgIpc) is 3.02. The second kappa shape index (κ2) is 9.56. The van der Waals surface area contributed by atoms with Gasteiger partial charge in [0.1, 0.15) is 18.2 Å². The first-order chi connectivity index (χ1) is 13.7. The molecule has 0 radical (unpaired) electrons. The molecule has 1 amide bonds. The molecule has 1 heterocycles. The lowest BCUT2D eigenvalue weighted by Crippen LogP contribution is -2.44.